The van der Waals surface area contributed by atoms with Crippen LogP contribution in [0.25, 0.3) is 4.91 Å². The van der Waals surface area contributed by atoms with Crippen LogP contribution >= 0.6 is 11.8 Å². The molecule has 7 heteroatoms. The topological polar surface area (TPSA) is 111 Å². The summed E-state index contributed by atoms with van der Waals surface area (Å²) in [5.41, 5.74) is 14.2. The van der Waals surface area contributed by atoms with Crippen molar-refractivity contribution in [3.63, 3.8) is 0 Å². The van der Waals surface area contributed by atoms with Gasteiger partial charge in [-0.2, -0.15) is 0 Å². The van der Waals surface area contributed by atoms with Gasteiger partial charge in [-0.15, -0.1) is 0 Å². The molecule has 0 atom stereocenters. The molecule has 0 unspecified atom stereocenters. The van der Waals surface area contributed by atoms with E-state index in [4.69, 9.17) is 21.3 Å². The maximum Gasteiger partial charge on any atom is 0.317 e. The second-order valence-electron chi connectivity index (χ2n) is 5.01. The average Bonchev–Trinajstić information content (AvgIpc) is 2.69. The van der Waals surface area contributed by atoms with Gasteiger partial charge in [0.1, 0.15) is 5.75 Å². The highest BCUT2D eigenvalue weighted by atomic mass is 32.2. The van der Waals surface area contributed by atoms with Gasteiger partial charge in [0.05, 0.1) is 12.1 Å². The Bertz CT molecular complexity index is 643. The normalized spacial score (nSPS) is 12.8. The second-order valence-corrected chi connectivity index (χ2v) is 6.06. The van der Waals surface area contributed by atoms with Crippen LogP contribution in [0.15, 0.2) is 34.9 Å². The Morgan fingerprint density at radius 3 is 2.54 bits per heavy atom. The minimum absolute atomic E-state index is 0.356. The van der Waals surface area contributed by atoms with Crippen LogP contribution in [0.5, 0.6) is 5.75 Å². The van der Waals surface area contributed by atoms with E-state index in [2.05, 4.69) is 17.5 Å². The molecular formula is C19H31N3O3S. The van der Waals surface area contributed by atoms with Gasteiger partial charge in [-0.05, 0) is 37.0 Å². The van der Waals surface area contributed by atoms with Gasteiger partial charge < -0.3 is 26.6 Å². The number of carbonyl (C=O) groups is 1. The number of rotatable bonds is 5. The van der Waals surface area contributed by atoms with E-state index >= 15 is 0 Å². The number of hydrogen-bond acceptors (Lipinski definition) is 5. The molecule has 26 heavy (non-hydrogen) atoms. The molecule has 0 bridgehead atoms. The molecule has 0 radical (unpaired) electrons. The molecule has 0 aliphatic heterocycles. The van der Waals surface area contributed by atoms with Crippen LogP contribution in [0.2, 0.25) is 0 Å². The molecule has 0 spiro atoms. The fourth-order valence-corrected chi connectivity index (χ4v) is 3.49. The smallest absolute Gasteiger partial charge is 0.317 e. The zero-order chi connectivity index (χ0) is 20.1. The molecule has 0 heterocycles. The molecule has 6 nitrogen and oxygen atoms in total. The zero-order valence-electron chi connectivity index (χ0n) is 16.3. The maximum absolute atomic E-state index is 11.2. The Morgan fingerprint density at radius 1 is 1.35 bits per heavy atom. The minimum Gasteiger partial charge on any atom is -0.496 e. The van der Waals surface area contributed by atoms with E-state index in [0.717, 1.165) is 41.7 Å². The Hall–Kier alpha value is -1.96. The zero-order valence-corrected chi connectivity index (χ0v) is 17.1. The minimum atomic E-state index is -0.591. The van der Waals surface area contributed by atoms with Gasteiger partial charge >= 0.3 is 6.03 Å². The third kappa shape index (κ3) is 6.74. The van der Waals surface area contributed by atoms with E-state index in [9.17, 15) is 4.79 Å². The lowest BCUT2D eigenvalue weighted by molar-refractivity contribution is 0.251. The van der Waals surface area contributed by atoms with E-state index in [1.165, 1.54) is 17.3 Å². The van der Waals surface area contributed by atoms with E-state index in [0.29, 0.717) is 11.6 Å². The highest BCUT2D eigenvalue weighted by Gasteiger charge is 2.20. The van der Waals surface area contributed by atoms with Crippen molar-refractivity contribution in [2.45, 2.75) is 33.6 Å². The molecule has 0 aromatic heterocycles. The number of methoxy groups -OCH3 is 1. The maximum atomic E-state index is 11.2. The number of allylic oxidation sites excluding steroid dienone is 1. The predicted molar refractivity (Wildman–Crippen MR) is 111 cm³/mol. The molecule has 2 amide bonds. The Labute approximate surface area is 160 Å². The third-order valence-corrected chi connectivity index (χ3v) is 4.71. The summed E-state index contributed by atoms with van der Waals surface area (Å²) >= 11 is 1.47. The largest absolute Gasteiger partial charge is 0.496 e. The molecule has 1 aromatic carbocycles. The van der Waals surface area contributed by atoms with Gasteiger partial charge in [0.15, 0.2) is 0 Å². The number of aliphatic hydroxyl groups excluding tert-OH is 1. The van der Waals surface area contributed by atoms with Gasteiger partial charge in [0.25, 0.3) is 0 Å². The van der Waals surface area contributed by atoms with Crippen LogP contribution in [0.4, 0.5) is 4.79 Å². The second kappa shape index (κ2) is 13.3. The number of aryl methyl sites for hydroxylation is 1. The van der Waals surface area contributed by atoms with Crippen LogP contribution in [-0.2, 0) is 6.42 Å². The predicted octanol–water partition coefficient (Wildman–Crippen LogP) is 3.21. The quantitative estimate of drug-likeness (QED) is 0.626. The highest BCUT2D eigenvalue weighted by molar-refractivity contribution is 8.11. The van der Waals surface area contributed by atoms with Crippen molar-refractivity contribution in [2.75, 3.05) is 20.8 Å². The van der Waals surface area contributed by atoms with Gasteiger partial charge in [-0.3, -0.25) is 0 Å². The number of nitrogens with one attached hydrogen (secondary N) is 1. The molecule has 6 N–H and O–H groups in total. The van der Waals surface area contributed by atoms with Gasteiger partial charge in [0.2, 0.25) is 0 Å². The van der Waals surface area contributed by atoms with Crippen LogP contribution in [-0.4, -0.2) is 31.9 Å². The van der Waals surface area contributed by atoms with E-state index in [-0.39, 0.29) is 0 Å². The van der Waals surface area contributed by atoms with Crippen molar-refractivity contribution in [3.05, 3.63) is 46.0 Å². The van der Waals surface area contributed by atoms with E-state index in [1.807, 2.05) is 32.9 Å². The molecule has 0 saturated carbocycles. The SMILES string of the molecule is CC.CO.COc1cccc2c1C(S/C(NC(N)=O)=C(\C)CN)=CCC2. The molecule has 146 valence electrons. The number of ether oxygens (including phenoxy) is 1. The number of nitrogens with two attached hydrogens (primary N) is 2. The first kappa shape index (κ1) is 24.0. The number of carbonyl (C=O) groups excluding carboxylic acids is 1. The Morgan fingerprint density at radius 2 is 2.00 bits per heavy atom. The first-order valence-electron chi connectivity index (χ1n) is 8.52. The monoisotopic (exact) mass is 381 g/mol. The third-order valence-electron chi connectivity index (χ3n) is 3.46. The Kier molecular flexibility index (Phi) is 12.3. The fraction of sp³-hybridized carbons (Fsp3) is 0.421. The van der Waals surface area contributed by atoms with Crippen LogP contribution in [0.1, 0.15) is 38.3 Å². The summed E-state index contributed by atoms with van der Waals surface area (Å²) < 4.78 is 5.49. The molecule has 1 aliphatic carbocycles. The summed E-state index contributed by atoms with van der Waals surface area (Å²) in [6.07, 6.45) is 4.09. The van der Waals surface area contributed by atoms with Crippen molar-refractivity contribution < 1.29 is 14.6 Å². The lowest BCUT2D eigenvalue weighted by Crippen LogP contribution is -2.29. The van der Waals surface area contributed by atoms with Gasteiger partial charge in [-0.25, -0.2) is 4.79 Å². The average molecular weight is 382 g/mol. The van der Waals surface area contributed by atoms with Crippen LogP contribution in [0.3, 0.4) is 0 Å². The number of primary amides is 1. The van der Waals surface area contributed by atoms with Crippen molar-refractivity contribution in [3.8, 4) is 5.75 Å². The number of amides is 2. The summed E-state index contributed by atoms with van der Waals surface area (Å²) in [6, 6.07) is 5.45. The summed E-state index contributed by atoms with van der Waals surface area (Å²) in [4.78, 5) is 12.3. The molecule has 0 saturated heterocycles. The molecular weight excluding hydrogens is 350 g/mol. The highest BCUT2D eigenvalue weighted by Crippen LogP contribution is 2.43. The molecule has 1 aromatic rings. The van der Waals surface area contributed by atoms with Crippen molar-refractivity contribution in [1.29, 1.82) is 0 Å². The lowest BCUT2D eigenvalue weighted by Gasteiger charge is -2.21. The Balaban J connectivity index is 0.00000146. The first-order valence-corrected chi connectivity index (χ1v) is 9.33. The molecule has 1 aliphatic rings. The number of benzene rings is 1. The number of aliphatic hydroxyl groups is 1. The number of hydrogen-bond donors (Lipinski definition) is 4. The van der Waals surface area contributed by atoms with Crippen LogP contribution in [0, 0.1) is 0 Å². The van der Waals surface area contributed by atoms with E-state index < -0.39 is 6.03 Å². The van der Waals surface area contributed by atoms with Crippen molar-refractivity contribution in [2.24, 2.45) is 11.5 Å². The van der Waals surface area contributed by atoms with E-state index in [1.54, 1.807) is 7.11 Å². The van der Waals surface area contributed by atoms with Crippen molar-refractivity contribution in [1.82, 2.24) is 5.32 Å². The first-order chi connectivity index (χ1) is 12.6. The standard InChI is InChI=1S/C16H21N3O2S.C2H6.CH4O/c1-10(9-17)15(19-16(18)20)22-13-8-4-6-11-5-3-7-12(21-2)14(11)13;2*1-2/h3,5,7-8H,4,6,9,17H2,1-2H3,(H3,18,19,20);1-2H3;2H,1H3/b15-10+;;. The van der Waals surface area contributed by atoms with Gasteiger partial charge in [0, 0.05) is 24.1 Å². The number of fused-ring (bicyclic) bond motifs is 1. The molecule has 0 fully saturated rings. The van der Waals surface area contributed by atoms with Gasteiger partial charge in [-0.1, -0.05) is 43.8 Å². The van der Waals surface area contributed by atoms with Crippen molar-refractivity contribution >= 4 is 22.7 Å². The summed E-state index contributed by atoms with van der Waals surface area (Å²) in [5.74, 6) is 0.833. The summed E-state index contributed by atoms with van der Waals surface area (Å²) in [6.45, 7) is 6.24. The molecule has 2 rings (SSSR count). The fourth-order valence-electron chi connectivity index (χ4n) is 2.32. The summed E-state index contributed by atoms with van der Waals surface area (Å²) in [7, 11) is 2.66. The van der Waals surface area contributed by atoms with Crippen LogP contribution < -0.4 is 21.5 Å². The number of urea groups is 1. The number of thioether (sulfide) groups is 1. The summed E-state index contributed by atoms with van der Waals surface area (Å²) in [5, 5.41) is 10.3. The lowest BCUT2D eigenvalue weighted by atomic mass is 9.96.